The van der Waals surface area contributed by atoms with Crippen LogP contribution in [0.1, 0.15) is 52.1 Å². The van der Waals surface area contributed by atoms with E-state index in [4.69, 9.17) is 4.98 Å². The van der Waals surface area contributed by atoms with Gasteiger partial charge >= 0.3 is 0 Å². The Kier molecular flexibility index (Phi) is 5.17. The first-order chi connectivity index (χ1) is 8.24. The summed E-state index contributed by atoms with van der Waals surface area (Å²) < 4.78 is 0. The molecule has 104 valence electrons. The summed E-state index contributed by atoms with van der Waals surface area (Å²) in [6.45, 7) is 14.1. The van der Waals surface area contributed by atoms with E-state index in [-0.39, 0.29) is 5.54 Å². The third-order valence-electron chi connectivity index (χ3n) is 2.96. The number of nitrogens with zero attached hydrogens (tertiary/aromatic N) is 2. The van der Waals surface area contributed by atoms with Gasteiger partial charge in [-0.05, 0) is 41.0 Å². The van der Waals surface area contributed by atoms with Crippen LogP contribution in [-0.2, 0) is 13.0 Å². The van der Waals surface area contributed by atoms with Crippen LogP contribution in [0.4, 0.5) is 5.13 Å². The molecule has 0 aliphatic carbocycles. The van der Waals surface area contributed by atoms with E-state index in [1.807, 2.05) is 11.3 Å². The molecule has 0 aliphatic rings. The molecule has 0 aromatic carbocycles. The van der Waals surface area contributed by atoms with Crippen molar-refractivity contribution < 1.29 is 0 Å². The van der Waals surface area contributed by atoms with Gasteiger partial charge in [-0.1, -0.05) is 6.92 Å². The third kappa shape index (κ3) is 4.25. The Balaban J connectivity index is 2.85. The molecule has 3 nitrogen and oxygen atoms in total. The highest BCUT2D eigenvalue weighted by molar-refractivity contribution is 7.15. The lowest BCUT2D eigenvalue weighted by Gasteiger charge is -2.20. The molecule has 0 saturated carbocycles. The van der Waals surface area contributed by atoms with Gasteiger partial charge in [0.05, 0.1) is 5.69 Å². The highest BCUT2D eigenvalue weighted by Crippen LogP contribution is 2.27. The van der Waals surface area contributed by atoms with E-state index in [2.05, 4.69) is 58.8 Å². The zero-order valence-corrected chi connectivity index (χ0v) is 13.6. The molecule has 0 unspecified atom stereocenters. The highest BCUT2D eigenvalue weighted by atomic mass is 32.1. The van der Waals surface area contributed by atoms with Gasteiger partial charge in [0.25, 0.3) is 0 Å². The number of thiazole rings is 1. The number of nitrogens with one attached hydrogen (secondary N) is 1. The summed E-state index contributed by atoms with van der Waals surface area (Å²) in [5, 5.41) is 4.68. The van der Waals surface area contributed by atoms with Gasteiger partial charge in [0.2, 0.25) is 0 Å². The summed E-state index contributed by atoms with van der Waals surface area (Å²) in [7, 11) is 2.11. The van der Waals surface area contributed by atoms with Gasteiger partial charge in [-0.3, -0.25) is 0 Å². The monoisotopic (exact) mass is 269 g/mol. The maximum atomic E-state index is 4.75. The number of anilines is 1. The van der Waals surface area contributed by atoms with Crippen LogP contribution in [0.5, 0.6) is 0 Å². The van der Waals surface area contributed by atoms with Gasteiger partial charge in [0, 0.05) is 30.1 Å². The van der Waals surface area contributed by atoms with Crippen molar-refractivity contribution in [3.05, 3.63) is 10.6 Å². The Hall–Kier alpha value is -0.610. The van der Waals surface area contributed by atoms with Gasteiger partial charge < -0.3 is 10.2 Å². The van der Waals surface area contributed by atoms with Crippen molar-refractivity contribution in [3.63, 3.8) is 0 Å². The molecule has 1 N–H and O–H groups in total. The van der Waals surface area contributed by atoms with Gasteiger partial charge in [-0.2, -0.15) is 0 Å². The summed E-state index contributed by atoms with van der Waals surface area (Å²) in [6, 6.07) is 0.490. The Morgan fingerprint density at radius 1 is 1.33 bits per heavy atom. The molecule has 0 bridgehead atoms. The molecule has 0 amide bonds. The first-order valence-electron chi connectivity index (χ1n) is 6.71. The van der Waals surface area contributed by atoms with Crippen LogP contribution in [0.3, 0.4) is 0 Å². The summed E-state index contributed by atoms with van der Waals surface area (Å²) in [4.78, 5) is 8.37. The van der Waals surface area contributed by atoms with Gasteiger partial charge in [0.1, 0.15) is 0 Å². The smallest absolute Gasteiger partial charge is 0.185 e. The first kappa shape index (κ1) is 15.4. The minimum absolute atomic E-state index is 0.152. The maximum Gasteiger partial charge on any atom is 0.185 e. The predicted molar refractivity (Wildman–Crippen MR) is 81.6 cm³/mol. The zero-order valence-electron chi connectivity index (χ0n) is 12.8. The van der Waals surface area contributed by atoms with Gasteiger partial charge in [0.15, 0.2) is 5.13 Å². The van der Waals surface area contributed by atoms with Crippen LogP contribution >= 0.6 is 11.3 Å². The molecule has 1 aromatic rings. The number of aromatic nitrogens is 1. The van der Waals surface area contributed by atoms with Crippen molar-refractivity contribution in [1.29, 1.82) is 0 Å². The van der Waals surface area contributed by atoms with Crippen molar-refractivity contribution in [2.75, 3.05) is 11.9 Å². The molecular weight excluding hydrogens is 242 g/mol. The Bertz CT molecular complexity index is 377. The molecular formula is C14H27N3S. The second kappa shape index (κ2) is 6.02. The number of rotatable bonds is 5. The lowest BCUT2D eigenvalue weighted by Crippen LogP contribution is -2.35. The molecule has 18 heavy (non-hydrogen) atoms. The summed E-state index contributed by atoms with van der Waals surface area (Å²) in [5.41, 5.74) is 1.39. The van der Waals surface area contributed by atoms with Crippen LogP contribution in [0.25, 0.3) is 0 Å². The van der Waals surface area contributed by atoms with E-state index < -0.39 is 0 Å². The van der Waals surface area contributed by atoms with Crippen LogP contribution in [0.15, 0.2) is 0 Å². The minimum atomic E-state index is 0.152. The highest BCUT2D eigenvalue weighted by Gasteiger charge is 2.16. The van der Waals surface area contributed by atoms with Gasteiger partial charge in [-0.15, -0.1) is 11.3 Å². The van der Waals surface area contributed by atoms with E-state index in [0.717, 1.165) is 18.1 Å². The average Bonchev–Trinajstić information content (AvgIpc) is 2.67. The van der Waals surface area contributed by atoms with E-state index in [9.17, 15) is 0 Å². The summed E-state index contributed by atoms with van der Waals surface area (Å²) in [5.74, 6) is 0. The van der Waals surface area contributed by atoms with E-state index in [1.54, 1.807) is 0 Å². The first-order valence-corrected chi connectivity index (χ1v) is 7.52. The number of aryl methyl sites for hydroxylation is 1. The molecule has 1 aromatic heterocycles. The average molecular weight is 269 g/mol. The van der Waals surface area contributed by atoms with Crippen molar-refractivity contribution >= 4 is 16.5 Å². The Labute approximate surface area is 116 Å². The molecule has 0 atom stereocenters. The van der Waals surface area contributed by atoms with Crippen molar-refractivity contribution in [2.24, 2.45) is 0 Å². The molecule has 4 heteroatoms. The lowest BCUT2D eigenvalue weighted by molar-refractivity contribution is 0.425. The molecule has 0 aliphatic heterocycles. The fourth-order valence-electron chi connectivity index (χ4n) is 1.50. The van der Waals surface area contributed by atoms with Crippen molar-refractivity contribution in [2.45, 2.75) is 66.1 Å². The van der Waals surface area contributed by atoms with E-state index >= 15 is 0 Å². The number of hydrogen-bond acceptors (Lipinski definition) is 4. The number of hydrogen-bond donors (Lipinski definition) is 1. The quantitative estimate of drug-likeness (QED) is 0.887. The third-order valence-corrected chi connectivity index (χ3v) is 4.15. The molecule has 0 radical (unpaired) electrons. The van der Waals surface area contributed by atoms with Crippen LogP contribution in [0, 0.1) is 0 Å². The molecule has 1 rings (SSSR count). The Morgan fingerprint density at radius 2 is 1.94 bits per heavy atom. The second-order valence-corrected chi connectivity index (χ2v) is 7.09. The van der Waals surface area contributed by atoms with Crippen LogP contribution in [-0.4, -0.2) is 23.6 Å². The standard InChI is InChI=1S/C14H27N3S/c1-8-11-12(9-15-14(4,5)6)18-13(16-11)17(7)10(2)3/h10,15H,8-9H2,1-7H3. The summed E-state index contributed by atoms with van der Waals surface area (Å²) >= 11 is 1.81. The zero-order chi connectivity index (χ0) is 13.9. The van der Waals surface area contributed by atoms with E-state index in [0.29, 0.717) is 6.04 Å². The SMILES string of the molecule is CCc1nc(N(C)C(C)C)sc1CNC(C)(C)C. The molecule has 0 saturated heterocycles. The van der Waals surface area contributed by atoms with Crippen LogP contribution in [0.2, 0.25) is 0 Å². The minimum Gasteiger partial charge on any atom is -0.349 e. The van der Waals surface area contributed by atoms with Crippen molar-refractivity contribution in [3.8, 4) is 0 Å². The van der Waals surface area contributed by atoms with E-state index in [1.165, 1.54) is 10.6 Å². The van der Waals surface area contributed by atoms with Crippen molar-refractivity contribution in [1.82, 2.24) is 10.3 Å². The van der Waals surface area contributed by atoms with Crippen LogP contribution < -0.4 is 10.2 Å². The normalized spacial score (nSPS) is 12.2. The molecule has 0 spiro atoms. The fourth-order valence-corrected chi connectivity index (χ4v) is 2.68. The topological polar surface area (TPSA) is 28.2 Å². The Morgan fingerprint density at radius 3 is 2.39 bits per heavy atom. The lowest BCUT2D eigenvalue weighted by atomic mass is 10.1. The summed E-state index contributed by atoms with van der Waals surface area (Å²) in [6.07, 6.45) is 1.00. The maximum absolute atomic E-state index is 4.75. The second-order valence-electron chi connectivity index (χ2n) is 6.03. The molecule has 1 heterocycles. The van der Waals surface area contributed by atoms with Gasteiger partial charge in [-0.25, -0.2) is 4.98 Å². The predicted octanol–water partition coefficient (Wildman–Crippen LogP) is 3.44. The largest absolute Gasteiger partial charge is 0.349 e. The fraction of sp³-hybridized carbons (Fsp3) is 0.786. The molecule has 0 fully saturated rings.